The number of nitrogens with two attached hydrogens (primary N) is 1. The molecule has 0 aromatic heterocycles. The SMILES string of the molecule is CC1(F)CC2CC(N)CC2C1. The van der Waals surface area contributed by atoms with Gasteiger partial charge < -0.3 is 5.73 Å². The molecule has 0 bridgehead atoms. The van der Waals surface area contributed by atoms with Gasteiger partial charge in [-0.15, -0.1) is 0 Å². The van der Waals surface area contributed by atoms with Gasteiger partial charge in [0.25, 0.3) is 0 Å². The minimum absolute atomic E-state index is 0.362. The average molecular weight is 157 g/mol. The van der Waals surface area contributed by atoms with Gasteiger partial charge in [0.15, 0.2) is 0 Å². The predicted octanol–water partition coefficient (Wildman–Crippen LogP) is 1.86. The van der Waals surface area contributed by atoms with E-state index in [-0.39, 0.29) is 0 Å². The van der Waals surface area contributed by atoms with E-state index in [1.54, 1.807) is 6.92 Å². The molecule has 2 rings (SSSR count). The largest absolute Gasteiger partial charge is 0.328 e. The molecule has 0 aromatic carbocycles. The Hall–Kier alpha value is -0.110. The Morgan fingerprint density at radius 1 is 1.27 bits per heavy atom. The van der Waals surface area contributed by atoms with Crippen molar-refractivity contribution in [2.75, 3.05) is 0 Å². The molecule has 2 aliphatic carbocycles. The molecule has 0 aliphatic heterocycles. The monoisotopic (exact) mass is 157 g/mol. The summed E-state index contributed by atoms with van der Waals surface area (Å²) in [6.45, 7) is 1.73. The Kier molecular flexibility index (Phi) is 1.50. The summed E-state index contributed by atoms with van der Waals surface area (Å²) in [6, 6.07) is 0.362. The van der Waals surface area contributed by atoms with Crippen molar-refractivity contribution >= 4 is 0 Å². The van der Waals surface area contributed by atoms with Crippen LogP contribution >= 0.6 is 0 Å². The molecule has 0 amide bonds. The number of fused-ring (bicyclic) bond motifs is 1. The van der Waals surface area contributed by atoms with Crippen LogP contribution in [-0.4, -0.2) is 11.7 Å². The quantitative estimate of drug-likeness (QED) is 0.570. The van der Waals surface area contributed by atoms with E-state index in [2.05, 4.69) is 0 Å². The maximum absolute atomic E-state index is 13.4. The van der Waals surface area contributed by atoms with Crippen LogP contribution in [0.4, 0.5) is 4.39 Å². The van der Waals surface area contributed by atoms with Crippen molar-refractivity contribution in [2.24, 2.45) is 17.6 Å². The second kappa shape index (κ2) is 2.19. The van der Waals surface area contributed by atoms with E-state index in [0.29, 0.717) is 17.9 Å². The summed E-state index contributed by atoms with van der Waals surface area (Å²) in [6.07, 6.45) is 3.63. The van der Waals surface area contributed by atoms with Gasteiger partial charge in [0.2, 0.25) is 0 Å². The molecule has 0 aromatic rings. The normalized spacial score (nSPS) is 56.5. The zero-order chi connectivity index (χ0) is 8.06. The Morgan fingerprint density at radius 3 is 2.18 bits per heavy atom. The number of hydrogen-bond acceptors (Lipinski definition) is 1. The van der Waals surface area contributed by atoms with Crippen LogP contribution in [0.3, 0.4) is 0 Å². The van der Waals surface area contributed by atoms with Crippen molar-refractivity contribution in [1.29, 1.82) is 0 Å². The highest BCUT2D eigenvalue weighted by molar-refractivity contribution is 4.98. The molecule has 2 heteroatoms. The van der Waals surface area contributed by atoms with Crippen molar-refractivity contribution in [1.82, 2.24) is 0 Å². The molecular formula is C9H16FN. The number of alkyl halides is 1. The molecule has 64 valence electrons. The summed E-state index contributed by atoms with van der Waals surface area (Å²) in [5, 5.41) is 0. The van der Waals surface area contributed by atoms with Crippen molar-refractivity contribution in [3.63, 3.8) is 0 Å². The first-order valence-corrected chi connectivity index (χ1v) is 4.51. The smallest absolute Gasteiger partial charge is 0.108 e. The van der Waals surface area contributed by atoms with E-state index < -0.39 is 5.67 Å². The van der Waals surface area contributed by atoms with Gasteiger partial charge in [-0.05, 0) is 44.4 Å². The first-order valence-electron chi connectivity index (χ1n) is 4.51. The highest BCUT2D eigenvalue weighted by Crippen LogP contribution is 2.49. The van der Waals surface area contributed by atoms with E-state index in [0.717, 1.165) is 25.7 Å². The lowest BCUT2D eigenvalue weighted by molar-refractivity contribution is 0.183. The molecule has 0 spiro atoms. The van der Waals surface area contributed by atoms with Crippen LogP contribution in [0.1, 0.15) is 32.6 Å². The van der Waals surface area contributed by atoms with E-state index in [1.807, 2.05) is 0 Å². The Morgan fingerprint density at radius 2 is 1.73 bits per heavy atom. The van der Waals surface area contributed by atoms with Crippen molar-refractivity contribution in [3.05, 3.63) is 0 Å². The topological polar surface area (TPSA) is 26.0 Å². The molecule has 2 unspecified atom stereocenters. The van der Waals surface area contributed by atoms with Gasteiger partial charge in [-0.3, -0.25) is 0 Å². The fourth-order valence-corrected chi connectivity index (χ4v) is 2.94. The highest BCUT2D eigenvalue weighted by Gasteiger charge is 2.46. The molecular weight excluding hydrogens is 141 g/mol. The van der Waals surface area contributed by atoms with Gasteiger partial charge in [0.05, 0.1) is 0 Å². The molecule has 1 nitrogen and oxygen atoms in total. The fourth-order valence-electron chi connectivity index (χ4n) is 2.94. The first kappa shape index (κ1) is 7.53. The van der Waals surface area contributed by atoms with Gasteiger partial charge in [0, 0.05) is 6.04 Å². The molecule has 2 saturated carbocycles. The minimum atomic E-state index is -0.879. The highest BCUT2D eigenvalue weighted by atomic mass is 19.1. The van der Waals surface area contributed by atoms with Crippen molar-refractivity contribution in [3.8, 4) is 0 Å². The van der Waals surface area contributed by atoms with Crippen LogP contribution < -0.4 is 5.73 Å². The van der Waals surface area contributed by atoms with Gasteiger partial charge in [-0.25, -0.2) is 4.39 Å². The maximum Gasteiger partial charge on any atom is 0.108 e. The Bertz CT molecular complexity index is 151. The van der Waals surface area contributed by atoms with Gasteiger partial charge in [-0.1, -0.05) is 0 Å². The van der Waals surface area contributed by atoms with E-state index in [9.17, 15) is 4.39 Å². The molecule has 0 saturated heterocycles. The number of halogens is 1. The van der Waals surface area contributed by atoms with Crippen LogP contribution in [0.5, 0.6) is 0 Å². The third-order valence-electron chi connectivity index (χ3n) is 3.25. The second-order valence-corrected chi connectivity index (χ2v) is 4.57. The van der Waals surface area contributed by atoms with Gasteiger partial charge in [-0.2, -0.15) is 0 Å². The molecule has 2 atom stereocenters. The second-order valence-electron chi connectivity index (χ2n) is 4.57. The molecule has 11 heavy (non-hydrogen) atoms. The Labute approximate surface area is 67.2 Å². The summed E-state index contributed by atoms with van der Waals surface area (Å²) < 4.78 is 13.4. The summed E-state index contributed by atoms with van der Waals surface area (Å²) in [5.41, 5.74) is 4.91. The average Bonchev–Trinajstić information content (AvgIpc) is 2.17. The molecule has 2 N–H and O–H groups in total. The summed E-state index contributed by atoms with van der Waals surface area (Å²) in [7, 11) is 0. The zero-order valence-electron chi connectivity index (χ0n) is 7.02. The third-order valence-corrected chi connectivity index (χ3v) is 3.25. The van der Waals surface area contributed by atoms with E-state index in [1.165, 1.54) is 0 Å². The fraction of sp³-hybridized carbons (Fsp3) is 1.00. The predicted molar refractivity (Wildman–Crippen MR) is 42.9 cm³/mol. The van der Waals surface area contributed by atoms with Gasteiger partial charge in [0.1, 0.15) is 5.67 Å². The third kappa shape index (κ3) is 1.28. The first-order chi connectivity index (χ1) is 5.07. The van der Waals surface area contributed by atoms with Crippen molar-refractivity contribution < 1.29 is 4.39 Å². The van der Waals surface area contributed by atoms with Crippen molar-refractivity contribution in [2.45, 2.75) is 44.3 Å². The zero-order valence-corrected chi connectivity index (χ0v) is 7.02. The molecule has 2 aliphatic rings. The van der Waals surface area contributed by atoms with Crippen LogP contribution in [-0.2, 0) is 0 Å². The molecule has 0 radical (unpaired) electrons. The summed E-state index contributed by atoms with van der Waals surface area (Å²) >= 11 is 0. The number of hydrogen-bond donors (Lipinski definition) is 1. The lowest BCUT2D eigenvalue weighted by atomic mass is 10.0. The maximum atomic E-state index is 13.4. The summed E-state index contributed by atoms with van der Waals surface area (Å²) in [4.78, 5) is 0. The van der Waals surface area contributed by atoms with Gasteiger partial charge >= 0.3 is 0 Å². The standard InChI is InChI=1S/C9H16FN/c1-9(10)4-6-2-8(11)3-7(6)5-9/h6-8H,2-5,11H2,1H3. The van der Waals surface area contributed by atoms with E-state index >= 15 is 0 Å². The molecule has 2 fully saturated rings. The minimum Gasteiger partial charge on any atom is -0.328 e. The van der Waals surface area contributed by atoms with Crippen LogP contribution in [0.15, 0.2) is 0 Å². The summed E-state index contributed by atoms with van der Waals surface area (Å²) in [5.74, 6) is 1.19. The Balaban J connectivity index is 2.04. The lowest BCUT2D eigenvalue weighted by Gasteiger charge is -2.14. The molecule has 0 heterocycles. The lowest BCUT2D eigenvalue weighted by Crippen LogP contribution is -2.20. The van der Waals surface area contributed by atoms with E-state index in [4.69, 9.17) is 5.73 Å². The van der Waals surface area contributed by atoms with Crippen LogP contribution in [0.25, 0.3) is 0 Å². The number of rotatable bonds is 0. The van der Waals surface area contributed by atoms with Crippen LogP contribution in [0, 0.1) is 11.8 Å². The van der Waals surface area contributed by atoms with Crippen LogP contribution in [0.2, 0.25) is 0 Å².